The van der Waals surface area contributed by atoms with E-state index in [2.05, 4.69) is 18.2 Å². The van der Waals surface area contributed by atoms with Crippen LogP contribution < -0.4 is 0 Å². The number of benzene rings is 2. The standard InChI is InChI=1S/C24H24Cl2N2O/c1-15-14-27-24(28-15)13-19(29-2)8-9-23(24)11-17-7-6-16(10-18(17)12-23)20-4-3-5-21(25)22(20)26/h3-7,10,14,19H,8-9,11-13H2,1-2H3. The van der Waals surface area contributed by atoms with Crippen LogP contribution >= 0.6 is 23.2 Å². The Morgan fingerprint density at radius 2 is 1.93 bits per heavy atom. The second kappa shape index (κ2) is 6.94. The number of nitrogens with zero attached hydrogens (tertiary/aromatic N) is 2. The van der Waals surface area contributed by atoms with Gasteiger partial charge in [0.2, 0.25) is 0 Å². The zero-order chi connectivity index (χ0) is 20.2. The minimum atomic E-state index is -0.400. The minimum absolute atomic E-state index is 0.0232. The summed E-state index contributed by atoms with van der Waals surface area (Å²) < 4.78 is 5.72. The highest BCUT2D eigenvalue weighted by Gasteiger charge is 2.58. The van der Waals surface area contributed by atoms with Crippen molar-refractivity contribution >= 4 is 35.1 Å². The van der Waals surface area contributed by atoms with Gasteiger partial charge in [-0.3, -0.25) is 9.98 Å². The van der Waals surface area contributed by atoms with Gasteiger partial charge in [0.15, 0.2) is 5.66 Å². The fraction of sp³-hybridized carbons (Fsp3) is 0.417. The first-order chi connectivity index (χ1) is 14.0. The molecule has 5 rings (SSSR count). The average molecular weight is 427 g/mol. The Morgan fingerprint density at radius 3 is 2.69 bits per heavy atom. The van der Waals surface area contributed by atoms with Gasteiger partial charge in [-0.05, 0) is 55.4 Å². The van der Waals surface area contributed by atoms with E-state index < -0.39 is 5.66 Å². The molecule has 5 heteroatoms. The Kier molecular flexibility index (Phi) is 4.62. The number of hydrogen-bond donors (Lipinski definition) is 0. The molecule has 1 heterocycles. The summed E-state index contributed by atoms with van der Waals surface area (Å²) in [6.45, 7) is 2.05. The van der Waals surface area contributed by atoms with Crippen LogP contribution in [-0.4, -0.2) is 30.8 Å². The molecule has 3 aliphatic rings. The summed E-state index contributed by atoms with van der Waals surface area (Å²) in [5, 5.41) is 1.20. The molecule has 0 bridgehead atoms. The van der Waals surface area contributed by atoms with Crippen molar-refractivity contribution in [3.8, 4) is 11.1 Å². The van der Waals surface area contributed by atoms with E-state index in [0.29, 0.717) is 10.0 Å². The average Bonchev–Trinajstić information content (AvgIpc) is 3.27. The van der Waals surface area contributed by atoms with Crippen molar-refractivity contribution < 1.29 is 4.74 Å². The molecule has 0 saturated heterocycles. The topological polar surface area (TPSA) is 34.0 Å². The SMILES string of the molecule is COC1CCC2(Cc3ccc(-c4cccc(Cl)c4Cl)cc3C2)C2(C1)N=CC(C)=N2. The van der Waals surface area contributed by atoms with Crippen molar-refractivity contribution in [2.45, 2.75) is 50.8 Å². The molecule has 1 saturated carbocycles. The van der Waals surface area contributed by atoms with E-state index in [1.165, 1.54) is 11.1 Å². The number of aliphatic imine (C=N–C) groups is 2. The lowest BCUT2D eigenvalue weighted by atomic mass is 9.63. The molecule has 1 aliphatic heterocycles. The van der Waals surface area contributed by atoms with Crippen LogP contribution in [0.25, 0.3) is 11.1 Å². The molecule has 3 atom stereocenters. The van der Waals surface area contributed by atoms with E-state index in [9.17, 15) is 0 Å². The minimum Gasteiger partial charge on any atom is -0.381 e. The van der Waals surface area contributed by atoms with Gasteiger partial charge in [-0.25, -0.2) is 0 Å². The smallest absolute Gasteiger partial charge is 0.159 e. The molecule has 0 aromatic heterocycles. The van der Waals surface area contributed by atoms with Crippen molar-refractivity contribution in [2.24, 2.45) is 15.4 Å². The summed E-state index contributed by atoms with van der Waals surface area (Å²) in [6, 6.07) is 12.5. The summed E-state index contributed by atoms with van der Waals surface area (Å²) in [4.78, 5) is 10.1. The normalized spacial score (nSPS) is 30.2. The first kappa shape index (κ1) is 19.3. The maximum atomic E-state index is 6.48. The number of halogens is 2. The lowest BCUT2D eigenvalue weighted by Crippen LogP contribution is -2.51. The maximum Gasteiger partial charge on any atom is 0.159 e. The summed E-state index contributed by atoms with van der Waals surface area (Å²) in [5.74, 6) is 0. The molecular weight excluding hydrogens is 403 g/mol. The first-order valence-corrected chi connectivity index (χ1v) is 10.9. The second-order valence-electron chi connectivity index (χ2n) is 8.65. The Morgan fingerprint density at radius 1 is 1.10 bits per heavy atom. The van der Waals surface area contributed by atoms with Crippen LogP contribution in [0.4, 0.5) is 0 Å². The van der Waals surface area contributed by atoms with Gasteiger partial charge in [-0.1, -0.05) is 53.5 Å². The van der Waals surface area contributed by atoms with Gasteiger partial charge in [-0.2, -0.15) is 0 Å². The van der Waals surface area contributed by atoms with Crippen LogP contribution in [0.5, 0.6) is 0 Å². The van der Waals surface area contributed by atoms with Crippen LogP contribution in [0.2, 0.25) is 10.0 Å². The van der Waals surface area contributed by atoms with Crippen molar-refractivity contribution in [3.63, 3.8) is 0 Å². The molecule has 150 valence electrons. The molecular formula is C24H24Cl2N2O. The van der Waals surface area contributed by atoms with Crippen molar-refractivity contribution in [2.75, 3.05) is 7.11 Å². The van der Waals surface area contributed by atoms with Gasteiger partial charge in [0, 0.05) is 30.7 Å². The molecule has 3 unspecified atom stereocenters. The number of fused-ring (bicyclic) bond motifs is 2. The molecule has 29 heavy (non-hydrogen) atoms. The Labute approximate surface area is 181 Å². The van der Waals surface area contributed by atoms with E-state index in [4.69, 9.17) is 37.9 Å². The highest BCUT2D eigenvalue weighted by atomic mass is 35.5. The summed E-state index contributed by atoms with van der Waals surface area (Å²) >= 11 is 12.7. The molecule has 3 nitrogen and oxygen atoms in total. The summed E-state index contributed by atoms with van der Waals surface area (Å²) in [6.07, 6.45) is 7.15. The van der Waals surface area contributed by atoms with E-state index in [0.717, 1.165) is 48.9 Å². The lowest BCUT2D eigenvalue weighted by molar-refractivity contribution is -0.0222. The largest absolute Gasteiger partial charge is 0.381 e. The van der Waals surface area contributed by atoms with Crippen molar-refractivity contribution in [3.05, 3.63) is 57.6 Å². The van der Waals surface area contributed by atoms with Gasteiger partial charge in [0.05, 0.1) is 21.9 Å². The van der Waals surface area contributed by atoms with Gasteiger partial charge in [-0.15, -0.1) is 0 Å². The Bertz CT molecular complexity index is 1050. The number of ether oxygens (including phenoxy) is 1. The predicted octanol–water partition coefficient (Wildman–Crippen LogP) is 6.19. The number of rotatable bonds is 2. The van der Waals surface area contributed by atoms with E-state index in [-0.39, 0.29) is 11.5 Å². The van der Waals surface area contributed by atoms with Gasteiger partial charge in [0.25, 0.3) is 0 Å². The van der Waals surface area contributed by atoms with Crippen LogP contribution in [-0.2, 0) is 17.6 Å². The molecule has 0 radical (unpaired) electrons. The second-order valence-corrected chi connectivity index (χ2v) is 9.43. The van der Waals surface area contributed by atoms with E-state index in [1.54, 1.807) is 7.11 Å². The van der Waals surface area contributed by atoms with Crippen molar-refractivity contribution in [1.29, 1.82) is 0 Å². The Balaban J connectivity index is 1.54. The zero-order valence-electron chi connectivity index (χ0n) is 16.7. The molecule has 2 aliphatic carbocycles. The fourth-order valence-corrected chi connectivity index (χ4v) is 5.90. The third kappa shape index (κ3) is 2.98. The van der Waals surface area contributed by atoms with E-state index in [1.807, 2.05) is 31.3 Å². The highest BCUT2D eigenvalue weighted by Crippen LogP contribution is 2.57. The number of methoxy groups -OCH3 is 1. The fourth-order valence-electron chi connectivity index (χ4n) is 5.49. The maximum absolute atomic E-state index is 6.48. The zero-order valence-corrected chi connectivity index (χ0v) is 18.2. The van der Waals surface area contributed by atoms with Crippen LogP contribution in [0, 0.1) is 5.41 Å². The molecule has 0 N–H and O–H groups in total. The van der Waals surface area contributed by atoms with Crippen molar-refractivity contribution in [1.82, 2.24) is 0 Å². The van der Waals surface area contributed by atoms with E-state index >= 15 is 0 Å². The van der Waals surface area contributed by atoms with Gasteiger partial charge < -0.3 is 4.74 Å². The molecule has 1 fully saturated rings. The number of hydrogen-bond acceptors (Lipinski definition) is 3. The van der Waals surface area contributed by atoms with Crippen LogP contribution in [0.1, 0.15) is 37.3 Å². The molecule has 2 spiro atoms. The summed E-state index contributed by atoms with van der Waals surface area (Å²) in [5.41, 5.74) is 5.51. The van der Waals surface area contributed by atoms with Gasteiger partial charge in [0.1, 0.15) is 0 Å². The van der Waals surface area contributed by atoms with Crippen LogP contribution in [0.3, 0.4) is 0 Å². The lowest BCUT2D eigenvalue weighted by Gasteiger charge is -2.48. The molecule has 2 aromatic rings. The highest BCUT2D eigenvalue weighted by molar-refractivity contribution is 6.43. The third-order valence-corrected chi connectivity index (χ3v) is 7.81. The quantitative estimate of drug-likeness (QED) is 0.563. The molecule has 2 aromatic carbocycles. The van der Waals surface area contributed by atoms with Crippen LogP contribution in [0.15, 0.2) is 46.4 Å². The predicted molar refractivity (Wildman–Crippen MR) is 121 cm³/mol. The van der Waals surface area contributed by atoms with Gasteiger partial charge >= 0.3 is 0 Å². The monoisotopic (exact) mass is 426 g/mol. The Hall–Kier alpha value is -1.68. The first-order valence-electron chi connectivity index (χ1n) is 10.2. The molecule has 0 amide bonds. The summed E-state index contributed by atoms with van der Waals surface area (Å²) in [7, 11) is 1.80. The third-order valence-electron chi connectivity index (χ3n) is 6.99.